The first kappa shape index (κ1) is 14.2. The standard InChI is InChI=1S/C14H22O2S/c1-12(2)17-11-7-6-10-16-14-9-5-4-8-13(14)15-3/h4-5,8-9,12H,6-7,10-11H2,1-3H3. The smallest absolute Gasteiger partial charge is 0.161 e. The highest BCUT2D eigenvalue weighted by molar-refractivity contribution is 7.99. The number of rotatable bonds is 8. The Labute approximate surface area is 109 Å². The molecule has 0 aliphatic rings. The molecule has 0 N–H and O–H groups in total. The van der Waals surface area contributed by atoms with Crippen LogP contribution >= 0.6 is 11.8 Å². The number of para-hydroxylation sites is 2. The van der Waals surface area contributed by atoms with Gasteiger partial charge in [-0.05, 0) is 36.0 Å². The Bertz CT molecular complexity index is 313. The third-order valence-electron chi connectivity index (χ3n) is 2.32. The number of methoxy groups -OCH3 is 1. The number of benzene rings is 1. The van der Waals surface area contributed by atoms with Crippen molar-refractivity contribution in [3.8, 4) is 11.5 Å². The molecular weight excluding hydrogens is 232 g/mol. The molecule has 1 aromatic carbocycles. The summed E-state index contributed by atoms with van der Waals surface area (Å²) in [5, 5.41) is 0.727. The summed E-state index contributed by atoms with van der Waals surface area (Å²) in [7, 11) is 1.67. The lowest BCUT2D eigenvalue weighted by Crippen LogP contribution is -2.00. The lowest BCUT2D eigenvalue weighted by atomic mass is 10.3. The van der Waals surface area contributed by atoms with Gasteiger partial charge in [0.05, 0.1) is 13.7 Å². The number of unbranched alkanes of at least 4 members (excludes halogenated alkanes) is 1. The van der Waals surface area contributed by atoms with Crippen LogP contribution in [0.3, 0.4) is 0 Å². The average molecular weight is 254 g/mol. The fraction of sp³-hybridized carbons (Fsp3) is 0.571. The van der Waals surface area contributed by atoms with E-state index < -0.39 is 0 Å². The van der Waals surface area contributed by atoms with Crippen molar-refractivity contribution in [2.75, 3.05) is 19.5 Å². The van der Waals surface area contributed by atoms with Crippen LogP contribution in [0.1, 0.15) is 26.7 Å². The lowest BCUT2D eigenvalue weighted by Gasteiger charge is -2.10. The van der Waals surface area contributed by atoms with Crippen LogP contribution in [0.4, 0.5) is 0 Å². The predicted molar refractivity (Wildman–Crippen MR) is 75.3 cm³/mol. The molecule has 0 fully saturated rings. The highest BCUT2D eigenvalue weighted by atomic mass is 32.2. The minimum atomic E-state index is 0.727. The maximum atomic E-state index is 5.70. The van der Waals surface area contributed by atoms with Crippen LogP contribution in [0.2, 0.25) is 0 Å². The Morgan fingerprint density at radius 1 is 1.12 bits per heavy atom. The van der Waals surface area contributed by atoms with Crippen molar-refractivity contribution < 1.29 is 9.47 Å². The molecule has 0 bridgehead atoms. The molecule has 0 radical (unpaired) electrons. The van der Waals surface area contributed by atoms with E-state index in [1.807, 2.05) is 36.0 Å². The quantitative estimate of drug-likeness (QED) is 0.653. The molecule has 1 rings (SSSR count). The first-order valence-electron chi connectivity index (χ1n) is 6.11. The van der Waals surface area contributed by atoms with Gasteiger partial charge >= 0.3 is 0 Å². The third-order valence-corrected chi connectivity index (χ3v) is 3.51. The summed E-state index contributed by atoms with van der Waals surface area (Å²) in [4.78, 5) is 0. The second-order valence-corrected chi connectivity index (χ2v) is 5.81. The fourth-order valence-corrected chi connectivity index (χ4v) is 2.29. The van der Waals surface area contributed by atoms with Gasteiger partial charge in [-0.2, -0.15) is 11.8 Å². The minimum Gasteiger partial charge on any atom is -0.493 e. The average Bonchev–Trinajstić information content (AvgIpc) is 2.33. The maximum Gasteiger partial charge on any atom is 0.161 e. The van der Waals surface area contributed by atoms with E-state index in [9.17, 15) is 0 Å². The molecule has 0 aromatic heterocycles. The zero-order valence-corrected chi connectivity index (χ0v) is 11.8. The second-order valence-electron chi connectivity index (χ2n) is 4.13. The van der Waals surface area contributed by atoms with E-state index >= 15 is 0 Å². The number of thioether (sulfide) groups is 1. The van der Waals surface area contributed by atoms with Crippen LogP contribution in [0, 0.1) is 0 Å². The zero-order chi connectivity index (χ0) is 12.5. The van der Waals surface area contributed by atoms with Gasteiger partial charge in [0.15, 0.2) is 11.5 Å². The Morgan fingerprint density at radius 3 is 2.47 bits per heavy atom. The van der Waals surface area contributed by atoms with Crippen molar-refractivity contribution in [3.63, 3.8) is 0 Å². The molecule has 0 spiro atoms. The highest BCUT2D eigenvalue weighted by Gasteiger charge is 2.01. The molecule has 1 aromatic rings. The summed E-state index contributed by atoms with van der Waals surface area (Å²) in [5.41, 5.74) is 0. The highest BCUT2D eigenvalue weighted by Crippen LogP contribution is 2.25. The Kier molecular flexibility index (Phi) is 6.94. The molecule has 2 nitrogen and oxygen atoms in total. The van der Waals surface area contributed by atoms with Crippen LogP contribution in [-0.2, 0) is 0 Å². The van der Waals surface area contributed by atoms with Gasteiger partial charge in [-0.3, -0.25) is 0 Å². The van der Waals surface area contributed by atoms with Crippen molar-refractivity contribution in [3.05, 3.63) is 24.3 Å². The maximum absolute atomic E-state index is 5.70. The van der Waals surface area contributed by atoms with Crippen LogP contribution in [-0.4, -0.2) is 24.7 Å². The molecule has 0 atom stereocenters. The molecule has 0 unspecified atom stereocenters. The summed E-state index contributed by atoms with van der Waals surface area (Å²) in [6.07, 6.45) is 2.30. The summed E-state index contributed by atoms with van der Waals surface area (Å²) >= 11 is 2.00. The molecule has 0 amide bonds. The minimum absolute atomic E-state index is 0.727. The predicted octanol–water partition coefficient (Wildman–Crippen LogP) is 4.00. The molecule has 3 heteroatoms. The van der Waals surface area contributed by atoms with Crippen molar-refractivity contribution in [2.45, 2.75) is 31.9 Å². The van der Waals surface area contributed by atoms with Crippen LogP contribution in [0.25, 0.3) is 0 Å². The van der Waals surface area contributed by atoms with Crippen molar-refractivity contribution >= 4 is 11.8 Å². The number of hydrogen-bond acceptors (Lipinski definition) is 3. The molecule has 0 aliphatic heterocycles. The van der Waals surface area contributed by atoms with Gasteiger partial charge in [-0.25, -0.2) is 0 Å². The SMILES string of the molecule is COc1ccccc1OCCCCSC(C)C. The summed E-state index contributed by atoms with van der Waals surface area (Å²) < 4.78 is 10.9. The monoisotopic (exact) mass is 254 g/mol. The van der Waals surface area contributed by atoms with Crippen molar-refractivity contribution in [1.82, 2.24) is 0 Å². The van der Waals surface area contributed by atoms with Crippen LogP contribution in [0.15, 0.2) is 24.3 Å². The first-order chi connectivity index (χ1) is 8.24. The van der Waals surface area contributed by atoms with E-state index in [0.29, 0.717) is 0 Å². The van der Waals surface area contributed by atoms with Gasteiger partial charge in [0.2, 0.25) is 0 Å². The van der Waals surface area contributed by atoms with E-state index in [1.165, 1.54) is 12.2 Å². The van der Waals surface area contributed by atoms with Gasteiger partial charge in [-0.1, -0.05) is 26.0 Å². The molecule has 0 saturated carbocycles. The van der Waals surface area contributed by atoms with Crippen molar-refractivity contribution in [2.24, 2.45) is 0 Å². The van der Waals surface area contributed by atoms with Gasteiger partial charge in [0.25, 0.3) is 0 Å². The van der Waals surface area contributed by atoms with Gasteiger partial charge in [0, 0.05) is 0 Å². The van der Waals surface area contributed by atoms with Crippen molar-refractivity contribution in [1.29, 1.82) is 0 Å². The number of ether oxygens (including phenoxy) is 2. The lowest BCUT2D eigenvalue weighted by molar-refractivity contribution is 0.288. The Morgan fingerprint density at radius 2 is 1.82 bits per heavy atom. The van der Waals surface area contributed by atoms with E-state index in [0.717, 1.165) is 29.8 Å². The first-order valence-corrected chi connectivity index (χ1v) is 7.16. The third kappa shape index (κ3) is 5.87. The van der Waals surface area contributed by atoms with E-state index in [1.54, 1.807) is 7.11 Å². The normalized spacial score (nSPS) is 10.6. The molecule has 0 heterocycles. The van der Waals surface area contributed by atoms with Gasteiger partial charge < -0.3 is 9.47 Å². The molecule has 17 heavy (non-hydrogen) atoms. The van der Waals surface area contributed by atoms with E-state index in [4.69, 9.17) is 9.47 Å². The largest absolute Gasteiger partial charge is 0.493 e. The van der Waals surface area contributed by atoms with E-state index in [2.05, 4.69) is 13.8 Å². The van der Waals surface area contributed by atoms with E-state index in [-0.39, 0.29) is 0 Å². The van der Waals surface area contributed by atoms with Gasteiger partial charge in [0.1, 0.15) is 0 Å². The van der Waals surface area contributed by atoms with Crippen LogP contribution < -0.4 is 9.47 Å². The number of hydrogen-bond donors (Lipinski definition) is 0. The summed E-state index contributed by atoms with van der Waals surface area (Å²) in [5.74, 6) is 2.86. The van der Waals surface area contributed by atoms with Gasteiger partial charge in [-0.15, -0.1) is 0 Å². The Hall–Kier alpha value is -0.830. The Balaban J connectivity index is 2.17. The molecule has 96 valence electrons. The topological polar surface area (TPSA) is 18.5 Å². The van der Waals surface area contributed by atoms with Crippen LogP contribution in [0.5, 0.6) is 11.5 Å². The second kappa shape index (κ2) is 8.29. The summed E-state index contributed by atoms with van der Waals surface area (Å²) in [6.45, 7) is 5.23. The molecular formula is C14H22O2S. The zero-order valence-electron chi connectivity index (χ0n) is 10.9. The summed E-state index contributed by atoms with van der Waals surface area (Å²) in [6, 6.07) is 7.78. The fourth-order valence-electron chi connectivity index (χ4n) is 1.44. The molecule has 0 saturated heterocycles. The molecule has 0 aliphatic carbocycles.